The molecule has 0 aliphatic carbocycles. The molecule has 2 heterocycles. The second-order valence-electron chi connectivity index (χ2n) is 7.29. The topological polar surface area (TPSA) is 36.9 Å². The summed E-state index contributed by atoms with van der Waals surface area (Å²) in [5.41, 5.74) is -1.50. The molecule has 2 aliphatic rings. The highest BCUT2D eigenvalue weighted by Gasteiger charge is 2.39. The smallest absolute Gasteiger partial charge is 0.422 e. The third kappa shape index (κ3) is 4.92. The van der Waals surface area contributed by atoms with Gasteiger partial charge >= 0.3 is 6.18 Å². The first-order chi connectivity index (χ1) is 12.8. The van der Waals surface area contributed by atoms with Crippen LogP contribution < -0.4 is 4.74 Å². The van der Waals surface area contributed by atoms with Crippen molar-refractivity contribution < 1.29 is 36.5 Å². The molecular formula is C19H24F4O4. The van der Waals surface area contributed by atoms with Crippen LogP contribution in [0.5, 0.6) is 5.75 Å². The fraction of sp³-hybridized carbons (Fsp3) is 0.684. The minimum absolute atomic E-state index is 0.0751. The number of rotatable bonds is 4. The highest BCUT2D eigenvalue weighted by molar-refractivity contribution is 5.40. The SMILES string of the molecule is Cc1ccc(OCC2OCC([C@@H]3CCC(C)CO3)CO2)c(C(F)(F)F)c1F. The maximum atomic E-state index is 13.9. The van der Waals surface area contributed by atoms with Crippen LogP contribution in [0.1, 0.15) is 30.9 Å². The van der Waals surface area contributed by atoms with Gasteiger partial charge < -0.3 is 18.9 Å². The van der Waals surface area contributed by atoms with E-state index in [0.29, 0.717) is 25.7 Å². The van der Waals surface area contributed by atoms with Gasteiger partial charge in [-0.05, 0) is 37.3 Å². The van der Waals surface area contributed by atoms with E-state index < -0.39 is 29.6 Å². The number of alkyl halides is 3. The van der Waals surface area contributed by atoms with Gasteiger partial charge in [-0.15, -0.1) is 0 Å². The quantitative estimate of drug-likeness (QED) is 0.715. The molecule has 2 fully saturated rings. The first-order valence-electron chi connectivity index (χ1n) is 9.09. The molecule has 0 radical (unpaired) electrons. The van der Waals surface area contributed by atoms with Crippen molar-refractivity contribution in [2.24, 2.45) is 11.8 Å². The van der Waals surface area contributed by atoms with Crippen molar-refractivity contribution in [1.29, 1.82) is 0 Å². The van der Waals surface area contributed by atoms with Gasteiger partial charge in [0.1, 0.15) is 23.7 Å². The van der Waals surface area contributed by atoms with Crippen molar-refractivity contribution in [1.82, 2.24) is 0 Å². The zero-order chi connectivity index (χ0) is 19.6. The van der Waals surface area contributed by atoms with Crippen LogP contribution in [0.2, 0.25) is 0 Å². The molecule has 0 bridgehead atoms. The van der Waals surface area contributed by atoms with Crippen LogP contribution in [0.4, 0.5) is 17.6 Å². The lowest BCUT2D eigenvalue weighted by atomic mass is 9.92. The molecule has 1 aromatic carbocycles. The van der Waals surface area contributed by atoms with Crippen LogP contribution in [0.25, 0.3) is 0 Å². The van der Waals surface area contributed by atoms with E-state index in [9.17, 15) is 17.6 Å². The molecule has 0 saturated carbocycles. The van der Waals surface area contributed by atoms with E-state index in [-0.39, 0.29) is 24.2 Å². The predicted octanol–water partition coefficient (Wildman–Crippen LogP) is 4.34. The minimum Gasteiger partial charge on any atom is -0.488 e. The summed E-state index contributed by atoms with van der Waals surface area (Å²) in [6, 6.07) is 2.36. The predicted molar refractivity (Wildman–Crippen MR) is 89.0 cm³/mol. The first kappa shape index (κ1) is 20.4. The second-order valence-corrected chi connectivity index (χ2v) is 7.29. The van der Waals surface area contributed by atoms with E-state index in [1.807, 2.05) is 0 Å². The minimum atomic E-state index is -4.85. The van der Waals surface area contributed by atoms with Gasteiger partial charge in [0.25, 0.3) is 0 Å². The van der Waals surface area contributed by atoms with Crippen molar-refractivity contribution in [2.45, 2.75) is 45.3 Å². The summed E-state index contributed by atoms with van der Waals surface area (Å²) in [6.45, 7) is 4.66. The molecule has 152 valence electrons. The molecule has 27 heavy (non-hydrogen) atoms. The van der Waals surface area contributed by atoms with Crippen LogP contribution in [-0.2, 0) is 20.4 Å². The van der Waals surface area contributed by atoms with Crippen LogP contribution in [0, 0.1) is 24.6 Å². The number of hydrogen-bond acceptors (Lipinski definition) is 4. The fourth-order valence-corrected chi connectivity index (χ4v) is 3.35. The monoisotopic (exact) mass is 392 g/mol. The molecule has 0 N–H and O–H groups in total. The van der Waals surface area contributed by atoms with Gasteiger partial charge in [-0.1, -0.05) is 13.0 Å². The van der Waals surface area contributed by atoms with Crippen LogP contribution >= 0.6 is 0 Å². The maximum absolute atomic E-state index is 13.9. The number of halogens is 4. The summed E-state index contributed by atoms with van der Waals surface area (Å²) in [6.07, 6.45) is -3.54. The lowest BCUT2D eigenvalue weighted by Crippen LogP contribution is -2.43. The van der Waals surface area contributed by atoms with Gasteiger partial charge in [-0.2, -0.15) is 13.2 Å². The van der Waals surface area contributed by atoms with Crippen molar-refractivity contribution in [2.75, 3.05) is 26.4 Å². The highest BCUT2D eigenvalue weighted by atomic mass is 19.4. The van der Waals surface area contributed by atoms with Crippen LogP contribution in [-0.4, -0.2) is 38.8 Å². The van der Waals surface area contributed by atoms with E-state index in [2.05, 4.69) is 6.92 Å². The van der Waals surface area contributed by atoms with Crippen molar-refractivity contribution in [3.63, 3.8) is 0 Å². The zero-order valence-electron chi connectivity index (χ0n) is 15.4. The lowest BCUT2D eigenvalue weighted by Gasteiger charge is -2.37. The van der Waals surface area contributed by atoms with E-state index in [1.165, 1.54) is 13.0 Å². The summed E-state index contributed by atoms with van der Waals surface area (Å²) in [5.74, 6) is -1.25. The molecule has 2 atom stereocenters. The Kier molecular flexibility index (Phi) is 6.28. The lowest BCUT2D eigenvalue weighted by molar-refractivity contribution is -0.231. The Labute approximate surface area is 155 Å². The Bertz CT molecular complexity index is 633. The second kappa shape index (κ2) is 8.32. The molecule has 0 aromatic heterocycles. The first-order valence-corrected chi connectivity index (χ1v) is 9.09. The molecular weight excluding hydrogens is 368 g/mol. The van der Waals surface area contributed by atoms with Gasteiger partial charge in [0.2, 0.25) is 0 Å². The van der Waals surface area contributed by atoms with Crippen molar-refractivity contribution in [3.8, 4) is 5.75 Å². The largest absolute Gasteiger partial charge is 0.488 e. The number of benzene rings is 1. The summed E-state index contributed by atoms with van der Waals surface area (Å²) < 4.78 is 75.5. The van der Waals surface area contributed by atoms with Gasteiger partial charge in [0, 0.05) is 12.5 Å². The van der Waals surface area contributed by atoms with Gasteiger partial charge in [0.15, 0.2) is 6.29 Å². The van der Waals surface area contributed by atoms with Gasteiger partial charge in [-0.25, -0.2) is 4.39 Å². The molecule has 1 unspecified atom stereocenters. The Morgan fingerprint density at radius 3 is 2.37 bits per heavy atom. The average Bonchev–Trinajstić information content (AvgIpc) is 2.63. The molecule has 3 rings (SSSR count). The van der Waals surface area contributed by atoms with Gasteiger partial charge in [-0.3, -0.25) is 0 Å². The van der Waals surface area contributed by atoms with E-state index in [0.717, 1.165) is 18.9 Å². The number of hydrogen-bond donors (Lipinski definition) is 0. The standard InChI is InChI=1S/C19H24F4O4/c1-11-3-5-14(24-7-11)13-8-26-16(27-9-13)10-25-15-6-4-12(2)18(20)17(15)19(21,22)23/h4,6,11,13-14,16H,3,5,7-10H2,1-2H3/t11?,13?,14-,16?/m0/s1. The van der Waals surface area contributed by atoms with Crippen molar-refractivity contribution >= 4 is 0 Å². The average molecular weight is 392 g/mol. The van der Waals surface area contributed by atoms with Crippen molar-refractivity contribution in [3.05, 3.63) is 29.1 Å². The summed E-state index contributed by atoms with van der Waals surface area (Å²) in [7, 11) is 0. The molecule has 2 aliphatic heterocycles. The Morgan fingerprint density at radius 2 is 1.78 bits per heavy atom. The number of ether oxygens (including phenoxy) is 4. The van der Waals surface area contributed by atoms with Crippen LogP contribution in [0.3, 0.4) is 0 Å². The molecule has 2 saturated heterocycles. The third-order valence-electron chi connectivity index (χ3n) is 5.01. The summed E-state index contributed by atoms with van der Waals surface area (Å²) >= 11 is 0. The van der Waals surface area contributed by atoms with E-state index >= 15 is 0 Å². The van der Waals surface area contributed by atoms with E-state index in [1.54, 1.807) is 0 Å². The fourth-order valence-electron chi connectivity index (χ4n) is 3.35. The summed E-state index contributed by atoms with van der Waals surface area (Å²) in [4.78, 5) is 0. The molecule has 1 aromatic rings. The number of aryl methyl sites for hydroxylation is 1. The Hall–Kier alpha value is -1.38. The molecule has 0 spiro atoms. The highest BCUT2D eigenvalue weighted by Crippen LogP contribution is 2.39. The maximum Gasteiger partial charge on any atom is 0.422 e. The molecule has 4 nitrogen and oxygen atoms in total. The normalized spacial score (nSPS) is 29.6. The zero-order valence-corrected chi connectivity index (χ0v) is 15.4. The Morgan fingerprint density at radius 1 is 1.07 bits per heavy atom. The van der Waals surface area contributed by atoms with Crippen LogP contribution in [0.15, 0.2) is 12.1 Å². The van der Waals surface area contributed by atoms with Gasteiger partial charge in [0.05, 0.1) is 19.3 Å². The third-order valence-corrected chi connectivity index (χ3v) is 5.01. The molecule has 8 heteroatoms. The summed E-state index contributed by atoms with van der Waals surface area (Å²) in [5, 5.41) is 0. The Balaban J connectivity index is 1.54. The molecule has 0 amide bonds. The van der Waals surface area contributed by atoms with E-state index in [4.69, 9.17) is 18.9 Å².